The van der Waals surface area contributed by atoms with E-state index in [-0.39, 0.29) is 18.0 Å². The van der Waals surface area contributed by atoms with E-state index in [1.54, 1.807) is 11.8 Å². The molecule has 1 fully saturated rings. The number of hydrogen-bond acceptors (Lipinski definition) is 7. The maximum Gasteiger partial charge on any atom is 0.323 e. The first kappa shape index (κ1) is 47.9. The van der Waals surface area contributed by atoms with Gasteiger partial charge in [-0.15, -0.1) is 0 Å². The van der Waals surface area contributed by atoms with Crippen LogP contribution in [0.15, 0.2) is 0 Å². The quantitative estimate of drug-likeness (QED) is 0.0464. The highest BCUT2D eigenvalue weighted by molar-refractivity contribution is 8.14. The van der Waals surface area contributed by atoms with E-state index in [0.717, 1.165) is 70.9 Å². The molecule has 0 spiro atoms. The van der Waals surface area contributed by atoms with Crippen LogP contribution < -0.4 is 0 Å². The Morgan fingerprint density at radius 1 is 0.569 bits per heavy atom. The van der Waals surface area contributed by atoms with Crippen molar-refractivity contribution >= 4 is 28.8 Å². The van der Waals surface area contributed by atoms with Gasteiger partial charge in [0.25, 0.3) is 0 Å². The van der Waals surface area contributed by atoms with Crippen LogP contribution >= 0.6 is 11.8 Å². The highest BCUT2D eigenvalue weighted by atomic mass is 32.2. The average Bonchev–Trinajstić information content (AvgIpc) is 3.60. The fourth-order valence-corrected chi connectivity index (χ4v) is 8.45. The molecule has 1 saturated heterocycles. The number of nitrogens with zero attached hydrogens (tertiary/aromatic N) is 1. The molecule has 1 atom stereocenters. The third-order valence-corrected chi connectivity index (χ3v) is 11.8. The molecule has 0 radical (unpaired) electrons. The first-order valence-corrected chi connectivity index (χ1v) is 23.1. The van der Waals surface area contributed by atoms with Crippen LogP contribution in [0.4, 0.5) is 0 Å². The largest absolute Gasteiger partial charge is 0.466 e. The van der Waals surface area contributed by atoms with Gasteiger partial charge in [0.1, 0.15) is 6.04 Å². The van der Waals surface area contributed by atoms with Crippen LogP contribution in [0.5, 0.6) is 0 Å². The first-order chi connectivity index (χ1) is 25.0. The molecule has 1 unspecified atom stereocenters. The molecule has 1 aliphatic heterocycles. The van der Waals surface area contributed by atoms with Gasteiger partial charge in [-0.05, 0) is 70.9 Å². The van der Waals surface area contributed by atoms with E-state index in [0.29, 0.717) is 36.4 Å². The summed E-state index contributed by atoms with van der Waals surface area (Å²) in [5.41, 5.74) is 0. The molecule has 1 rings (SSSR count). The zero-order valence-electron chi connectivity index (χ0n) is 34.0. The summed E-state index contributed by atoms with van der Waals surface area (Å²) >= 11 is 1.61. The van der Waals surface area contributed by atoms with E-state index < -0.39 is 0 Å². The smallest absolute Gasteiger partial charge is 0.323 e. The standard InChI is InChI=1S/C44H83NO5S/c1-4-7-10-13-16-17-18-21-28-38-49-42(46)34-25-22-27-36-45-37-30-33-41(45)44(48)50-39-29-26-35-43(47)51-40(31-23-19-14-11-8-5-2)32-24-20-15-12-9-6-3/h40-41H,4-39H2,1-3H3. The van der Waals surface area contributed by atoms with Crippen molar-refractivity contribution in [2.24, 2.45) is 0 Å². The Morgan fingerprint density at radius 3 is 1.63 bits per heavy atom. The Bertz CT molecular complexity index is 807. The molecule has 7 heteroatoms. The van der Waals surface area contributed by atoms with Crippen molar-refractivity contribution in [3.63, 3.8) is 0 Å². The normalized spacial score (nSPS) is 14.8. The van der Waals surface area contributed by atoms with Crippen LogP contribution in [0.25, 0.3) is 0 Å². The van der Waals surface area contributed by atoms with E-state index in [9.17, 15) is 14.4 Å². The van der Waals surface area contributed by atoms with Crippen molar-refractivity contribution in [1.82, 2.24) is 4.90 Å². The summed E-state index contributed by atoms with van der Waals surface area (Å²) in [6.07, 6.45) is 36.6. The highest BCUT2D eigenvalue weighted by Gasteiger charge is 2.31. The molecule has 0 aromatic heterocycles. The third kappa shape index (κ3) is 29.0. The zero-order valence-corrected chi connectivity index (χ0v) is 34.8. The van der Waals surface area contributed by atoms with Gasteiger partial charge in [0.05, 0.1) is 13.2 Å². The predicted octanol–water partition coefficient (Wildman–Crippen LogP) is 12.9. The van der Waals surface area contributed by atoms with Gasteiger partial charge in [0, 0.05) is 18.1 Å². The van der Waals surface area contributed by atoms with Gasteiger partial charge in [-0.3, -0.25) is 19.3 Å². The van der Waals surface area contributed by atoms with E-state index >= 15 is 0 Å². The lowest BCUT2D eigenvalue weighted by molar-refractivity contribution is -0.149. The number of carbonyl (C=O) groups excluding carboxylic acids is 3. The maximum absolute atomic E-state index is 12.9. The molecule has 51 heavy (non-hydrogen) atoms. The lowest BCUT2D eigenvalue weighted by Crippen LogP contribution is -2.38. The van der Waals surface area contributed by atoms with E-state index in [2.05, 4.69) is 25.7 Å². The molecule has 1 aliphatic rings. The van der Waals surface area contributed by atoms with Crippen LogP contribution in [0.2, 0.25) is 0 Å². The monoisotopic (exact) mass is 738 g/mol. The Kier molecular flexibility index (Phi) is 33.8. The highest BCUT2D eigenvalue weighted by Crippen LogP contribution is 2.27. The molecule has 1 heterocycles. The Labute approximate surface area is 320 Å². The number of hydrogen-bond donors (Lipinski definition) is 0. The number of ether oxygens (including phenoxy) is 2. The summed E-state index contributed by atoms with van der Waals surface area (Å²) in [7, 11) is 0. The second kappa shape index (κ2) is 35.9. The predicted molar refractivity (Wildman–Crippen MR) is 218 cm³/mol. The zero-order chi connectivity index (χ0) is 37.0. The molecule has 0 saturated carbocycles. The van der Waals surface area contributed by atoms with Crippen LogP contribution in [-0.4, -0.2) is 59.5 Å². The SMILES string of the molecule is CCCCCCCCCCCOC(=O)CCCCCN1CCCC1C(=O)OCCCCC(=O)SC(CCCCCCCC)CCCCCCCC. The van der Waals surface area contributed by atoms with Gasteiger partial charge < -0.3 is 9.47 Å². The fourth-order valence-electron chi connectivity index (χ4n) is 7.24. The van der Waals surface area contributed by atoms with Crippen molar-refractivity contribution in [3.05, 3.63) is 0 Å². The summed E-state index contributed by atoms with van der Waals surface area (Å²) in [6.45, 7) is 9.55. The van der Waals surface area contributed by atoms with Crippen molar-refractivity contribution in [2.45, 2.75) is 238 Å². The minimum atomic E-state index is -0.145. The number of carbonyl (C=O) groups is 3. The van der Waals surface area contributed by atoms with Gasteiger partial charge in [-0.2, -0.15) is 0 Å². The maximum atomic E-state index is 12.9. The summed E-state index contributed by atoms with van der Waals surface area (Å²) < 4.78 is 11.1. The number of unbranched alkanes of at least 4 members (excludes halogenated alkanes) is 21. The van der Waals surface area contributed by atoms with Crippen LogP contribution in [-0.2, 0) is 23.9 Å². The molecule has 0 aromatic carbocycles. The van der Waals surface area contributed by atoms with Crippen LogP contribution in [0, 0.1) is 0 Å². The van der Waals surface area contributed by atoms with Crippen molar-refractivity contribution in [2.75, 3.05) is 26.3 Å². The summed E-state index contributed by atoms with van der Waals surface area (Å²) in [6, 6.07) is -0.145. The number of thioether (sulfide) groups is 1. The van der Waals surface area contributed by atoms with Gasteiger partial charge in [-0.1, -0.05) is 167 Å². The average molecular weight is 738 g/mol. The number of rotatable bonds is 37. The second-order valence-corrected chi connectivity index (χ2v) is 16.8. The Hall–Kier alpha value is -1.08. The van der Waals surface area contributed by atoms with E-state index in [1.807, 2.05) is 0 Å². The summed E-state index contributed by atoms with van der Waals surface area (Å²) in [5, 5.41) is 0.779. The molecule has 0 bridgehead atoms. The molecular weight excluding hydrogens is 655 g/mol. The lowest BCUT2D eigenvalue weighted by atomic mass is 10.0. The van der Waals surface area contributed by atoms with Gasteiger partial charge in [0.15, 0.2) is 5.12 Å². The molecule has 0 aromatic rings. The number of esters is 2. The van der Waals surface area contributed by atoms with Crippen molar-refractivity contribution < 1.29 is 23.9 Å². The van der Waals surface area contributed by atoms with Crippen LogP contribution in [0.3, 0.4) is 0 Å². The third-order valence-electron chi connectivity index (χ3n) is 10.5. The first-order valence-electron chi connectivity index (χ1n) is 22.3. The topological polar surface area (TPSA) is 72.9 Å². The Morgan fingerprint density at radius 2 is 1.04 bits per heavy atom. The van der Waals surface area contributed by atoms with Crippen LogP contribution in [0.1, 0.15) is 226 Å². The van der Waals surface area contributed by atoms with Crippen molar-refractivity contribution in [3.8, 4) is 0 Å². The number of likely N-dealkylation sites (tertiary alicyclic amines) is 1. The summed E-state index contributed by atoms with van der Waals surface area (Å²) in [5.74, 6) is -0.176. The molecule has 0 aliphatic carbocycles. The molecule has 0 amide bonds. The lowest BCUT2D eigenvalue weighted by Gasteiger charge is -2.22. The molecule has 0 N–H and O–H groups in total. The van der Waals surface area contributed by atoms with Crippen molar-refractivity contribution in [1.29, 1.82) is 0 Å². The molecule has 6 nitrogen and oxygen atoms in total. The van der Waals surface area contributed by atoms with Gasteiger partial charge >= 0.3 is 11.9 Å². The summed E-state index contributed by atoms with van der Waals surface area (Å²) in [4.78, 5) is 40.1. The van der Waals surface area contributed by atoms with Gasteiger partial charge in [0.2, 0.25) is 0 Å². The van der Waals surface area contributed by atoms with E-state index in [4.69, 9.17) is 9.47 Å². The minimum absolute atomic E-state index is 0.0707. The minimum Gasteiger partial charge on any atom is -0.466 e. The van der Waals surface area contributed by atoms with Gasteiger partial charge in [-0.25, -0.2) is 0 Å². The molecule has 300 valence electrons. The molecular formula is C44H83NO5S. The fraction of sp³-hybridized carbons (Fsp3) is 0.932. The van der Waals surface area contributed by atoms with E-state index in [1.165, 1.54) is 135 Å². The second-order valence-electron chi connectivity index (χ2n) is 15.4. The Balaban J connectivity index is 2.15.